The van der Waals surface area contributed by atoms with Crippen LogP contribution in [0.3, 0.4) is 0 Å². The third-order valence-corrected chi connectivity index (χ3v) is 5.87. The second-order valence-corrected chi connectivity index (χ2v) is 7.62. The van der Waals surface area contributed by atoms with E-state index in [0.29, 0.717) is 35.5 Å². The Hall–Kier alpha value is -2.81. The highest BCUT2D eigenvalue weighted by Crippen LogP contribution is 2.54. The molecule has 2 fully saturated rings. The molecular formula is C18H17ClFN7O. The van der Waals surface area contributed by atoms with Gasteiger partial charge in [0.2, 0.25) is 5.28 Å². The molecule has 0 spiro atoms. The molecule has 28 heavy (non-hydrogen) atoms. The van der Waals surface area contributed by atoms with Crippen molar-refractivity contribution in [2.45, 2.75) is 6.42 Å². The molecule has 1 saturated carbocycles. The average molecular weight is 402 g/mol. The van der Waals surface area contributed by atoms with E-state index in [2.05, 4.69) is 30.5 Å². The zero-order valence-electron chi connectivity index (χ0n) is 14.8. The molecule has 2 N–H and O–H groups in total. The maximum atomic E-state index is 13.9. The number of nitrogens with zero attached hydrogens (tertiary/aromatic N) is 5. The summed E-state index contributed by atoms with van der Waals surface area (Å²) in [6.07, 6.45) is 5.20. The molecule has 144 valence electrons. The molecule has 3 aromatic heterocycles. The lowest BCUT2D eigenvalue weighted by Gasteiger charge is -2.21. The van der Waals surface area contributed by atoms with Crippen LogP contribution < -0.4 is 10.2 Å². The fourth-order valence-electron chi connectivity index (χ4n) is 4.22. The number of nitrogens with one attached hydrogen (secondary N) is 2. The second-order valence-electron chi connectivity index (χ2n) is 7.28. The molecule has 1 unspecified atom stereocenters. The van der Waals surface area contributed by atoms with Crippen LogP contribution in [0.4, 0.5) is 10.2 Å². The van der Waals surface area contributed by atoms with Crippen LogP contribution in [0.5, 0.6) is 0 Å². The maximum Gasteiger partial charge on any atom is 0.252 e. The van der Waals surface area contributed by atoms with Crippen LogP contribution in [0.2, 0.25) is 5.28 Å². The van der Waals surface area contributed by atoms with Gasteiger partial charge in [0.25, 0.3) is 5.91 Å². The van der Waals surface area contributed by atoms with Crippen LogP contribution in [0.25, 0.3) is 11.0 Å². The van der Waals surface area contributed by atoms with Crippen LogP contribution >= 0.6 is 11.6 Å². The van der Waals surface area contributed by atoms with Gasteiger partial charge in [-0.1, -0.05) is 0 Å². The number of aromatic nitrogens is 5. The Kier molecular flexibility index (Phi) is 4.12. The molecule has 1 amide bonds. The lowest BCUT2D eigenvalue weighted by molar-refractivity contribution is 0.0952. The topological polar surface area (TPSA) is 99.7 Å². The van der Waals surface area contributed by atoms with E-state index >= 15 is 0 Å². The summed E-state index contributed by atoms with van der Waals surface area (Å²) in [5, 5.41) is 10.5. The number of piperidine rings is 1. The van der Waals surface area contributed by atoms with E-state index < -0.39 is 5.82 Å². The van der Waals surface area contributed by atoms with Crippen LogP contribution in [0.15, 0.2) is 24.7 Å². The first-order valence-electron chi connectivity index (χ1n) is 9.10. The first-order valence-corrected chi connectivity index (χ1v) is 9.48. The summed E-state index contributed by atoms with van der Waals surface area (Å²) in [7, 11) is 0. The van der Waals surface area contributed by atoms with Crippen molar-refractivity contribution < 1.29 is 9.18 Å². The number of pyridine rings is 1. The standard InChI is InChI=1S/C18H17ClFN7O/c19-18-23-6-14(20)16(25-18)27-7-12-11(13(12)8-27)1-2-21-17(28)10-3-9-5-24-26-15(9)22-4-10/h3-6,11-13H,1-2,7-8H2,(H,21,28)(H,22,24,26)/t11?,12-,13+. The predicted molar refractivity (Wildman–Crippen MR) is 101 cm³/mol. The van der Waals surface area contributed by atoms with Crippen molar-refractivity contribution in [2.75, 3.05) is 24.5 Å². The zero-order valence-corrected chi connectivity index (χ0v) is 15.5. The molecule has 4 heterocycles. The summed E-state index contributed by atoms with van der Waals surface area (Å²) in [6, 6.07) is 1.77. The van der Waals surface area contributed by atoms with E-state index in [4.69, 9.17) is 11.6 Å². The molecule has 8 nitrogen and oxygen atoms in total. The number of anilines is 1. The highest BCUT2D eigenvalue weighted by atomic mass is 35.5. The fraction of sp³-hybridized carbons (Fsp3) is 0.389. The van der Waals surface area contributed by atoms with Crippen LogP contribution in [-0.2, 0) is 0 Å². The quantitative estimate of drug-likeness (QED) is 0.635. The number of amides is 1. The van der Waals surface area contributed by atoms with E-state index in [1.807, 2.05) is 4.90 Å². The van der Waals surface area contributed by atoms with Gasteiger partial charge in [-0.2, -0.15) is 10.1 Å². The van der Waals surface area contributed by atoms with Crippen molar-refractivity contribution in [1.29, 1.82) is 0 Å². The zero-order chi connectivity index (χ0) is 19.3. The van der Waals surface area contributed by atoms with Crippen LogP contribution in [0, 0.1) is 23.6 Å². The summed E-state index contributed by atoms with van der Waals surface area (Å²) in [5.74, 6) is 1.26. The average Bonchev–Trinajstić information content (AvgIpc) is 3.08. The molecule has 0 aromatic carbocycles. The van der Waals surface area contributed by atoms with Crippen molar-refractivity contribution in [3.63, 3.8) is 0 Å². The first kappa shape index (κ1) is 17.3. The Labute approximate surface area is 164 Å². The van der Waals surface area contributed by atoms with Crippen molar-refractivity contribution >= 4 is 34.4 Å². The fourth-order valence-corrected chi connectivity index (χ4v) is 4.35. The summed E-state index contributed by atoms with van der Waals surface area (Å²) < 4.78 is 13.9. The third-order valence-electron chi connectivity index (χ3n) is 5.68. The number of aromatic amines is 1. The minimum atomic E-state index is -0.447. The largest absolute Gasteiger partial charge is 0.353 e. The van der Waals surface area contributed by atoms with Gasteiger partial charge >= 0.3 is 0 Å². The minimum Gasteiger partial charge on any atom is -0.353 e. The van der Waals surface area contributed by atoms with Gasteiger partial charge in [0.05, 0.1) is 18.0 Å². The molecule has 3 atom stereocenters. The van der Waals surface area contributed by atoms with E-state index in [0.717, 1.165) is 31.1 Å². The second kappa shape index (κ2) is 6.66. The molecule has 1 aliphatic carbocycles. The lowest BCUT2D eigenvalue weighted by Crippen LogP contribution is -2.28. The molecule has 10 heteroatoms. The van der Waals surface area contributed by atoms with Gasteiger partial charge in [0, 0.05) is 31.2 Å². The predicted octanol–water partition coefficient (Wildman–Crippen LogP) is 2.04. The number of carbonyl (C=O) groups excluding carboxylic acids is 1. The SMILES string of the molecule is O=C(NCCC1[C@H]2CN(c3nc(Cl)ncc3F)C[C@@H]12)c1cnc2[nH]ncc2c1. The first-order chi connectivity index (χ1) is 13.6. The maximum absolute atomic E-state index is 13.9. The van der Waals surface area contributed by atoms with E-state index in [9.17, 15) is 9.18 Å². The lowest BCUT2D eigenvalue weighted by atomic mass is 10.2. The molecule has 3 aromatic rings. The van der Waals surface area contributed by atoms with Gasteiger partial charge < -0.3 is 10.2 Å². The number of carbonyl (C=O) groups is 1. The molecule has 0 bridgehead atoms. The highest BCUT2D eigenvalue weighted by Gasteiger charge is 2.55. The number of H-pyrrole nitrogens is 1. The number of halogens is 2. The highest BCUT2D eigenvalue weighted by molar-refractivity contribution is 6.28. The number of hydrogen-bond acceptors (Lipinski definition) is 6. The van der Waals surface area contributed by atoms with E-state index in [1.54, 1.807) is 18.5 Å². The molecular weight excluding hydrogens is 385 g/mol. The van der Waals surface area contributed by atoms with Gasteiger partial charge in [0.15, 0.2) is 17.3 Å². The Morgan fingerprint density at radius 2 is 2.11 bits per heavy atom. The van der Waals surface area contributed by atoms with Gasteiger partial charge in [0.1, 0.15) is 0 Å². The van der Waals surface area contributed by atoms with Crippen LogP contribution in [0.1, 0.15) is 16.8 Å². The Balaban J connectivity index is 1.12. The van der Waals surface area contributed by atoms with Gasteiger partial charge in [-0.25, -0.2) is 14.4 Å². The molecule has 0 radical (unpaired) electrons. The summed E-state index contributed by atoms with van der Waals surface area (Å²) in [4.78, 5) is 26.1. The van der Waals surface area contributed by atoms with Gasteiger partial charge in [-0.3, -0.25) is 9.89 Å². The summed E-state index contributed by atoms with van der Waals surface area (Å²) >= 11 is 5.78. The summed E-state index contributed by atoms with van der Waals surface area (Å²) in [5.41, 5.74) is 1.18. The minimum absolute atomic E-state index is 0.0549. The van der Waals surface area contributed by atoms with Gasteiger partial charge in [-0.05, 0) is 41.8 Å². The Morgan fingerprint density at radius 3 is 2.93 bits per heavy atom. The molecule has 1 saturated heterocycles. The molecule has 5 rings (SSSR count). The molecule has 2 aliphatic rings. The van der Waals surface area contributed by atoms with E-state index in [-0.39, 0.29) is 17.0 Å². The number of hydrogen-bond donors (Lipinski definition) is 2. The third kappa shape index (κ3) is 3.05. The normalized spacial score (nSPS) is 23.1. The summed E-state index contributed by atoms with van der Waals surface area (Å²) in [6.45, 7) is 2.12. The van der Waals surface area contributed by atoms with E-state index in [1.165, 1.54) is 0 Å². The van der Waals surface area contributed by atoms with Crippen LogP contribution in [-0.4, -0.2) is 50.7 Å². The van der Waals surface area contributed by atoms with Crippen molar-refractivity contribution in [2.24, 2.45) is 17.8 Å². The Morgan fingerprint density at radius 1 is 1.29 bits per heavy atom. The van der Waals surface area contributed by atoms with Crippen molar-refractivity contribution in [3.05, 3.63) is 41.3 Å². The van der Waals surface area contributed by atoms with Crippen molar-refractivity contribution in [3.8, 4) is 0 Å². The Bertz CT molecular complexity index is 1050. The number of fused-ring (bicyclic) bond motifs is 2. The smallest absolute Gasteiger partial charge is 0.252 e. The number of rotatable bonds is 5. The monoisotopic (exact) mass is 401 g/mol. The molecule has 1 aliphatic heterocycles. The van der Waals surface area contributed by atoms with Gasteiger partial charge in [-0.15, -0.1) is 0 Å². The van der Waals surface area contributed by atoms with Crippen molar-refractivity contribution in [1.82, 2.24) is 30.5 Å².